The first-order chi connectivity index (χ1) is 10.1. The van der Waals surface area contributed by atoms with Crippen molar-refractivity contribution in [3.05, 3.63) is 0 Å². The molecule has 2 amide bonds. The summed E-state index contributed by atoms with van der Waals surface area (Å²) >= 11 is 0. The molecule has 0 bridgehead atoms. The Kier molecular flexibility index (Phi) is 4.23. The number of amides is 2. The molecule has 2 saturated carbocycles. The van der Waals surface area contributed by atoms with Gasteiger partial charge in [0.1, 0.15) is 0 Å². The Morgan fingerprint density at radius 1 is 1.14 bits per heavy atom. The molecule has 0 radical (unpaired) electrons. The minimum absolute atomic E-state index is 0.00966. The molecular formula is C17H28N2O2. The fraction of sp³-hybridized carbons (Fsp3) is 0.882. The molecule has 3 rings (SSSR count). The lowest BCUT2D eigenvalue weighted by Crippen LogP contribution is -2.48. The molecule has 1 saturated heterocycles. The van der Waals surface area contributed by atoms with Gasteiger partial charge in [-0.1, -0.05) is 13.3 Å². The van der Waals surface area contributed by atoms with Crippen molar-refractivity contribution in [2.75, 3.05) is 19.6 Å². The second-order valence-electron chi connectivity index (χ2n) is 7.32. The van der Waals surface area contributed by atoms with Crippen LogP contribution in [0, 0.1) is 17.3 Å². The summed E-state index contributed by atoms with van der Waals surface area (Å²) in [7, 11) is 0. The molecule has 0 unspecified atom stereocenters. The normalized spacial score (nSPS) is 27.9. The number of likely N-dealkylation sites (tertiary alicyclic amines) is 1. The van der Waals surface area contributed by atoms with Crippen LogP contribution in [0.15, 0.2) is 0 Å². The van der Waals surface area contributed by atoms with E-state index in [4.69, 9.17) is 0 Å². The Balaban J connectivity index is 1.48. The molecule has 2 aliphatic carbocycles. The smallest absolute Gasteiger partial charge is 0.225 e. The molecule has 3 fully saturated rings. The SMILES string of the molecule is CCC1(CNC(=O)[C@H]2CCCN(C(=O)C3CC3)C2)CCC1. The average Bonchev–Trinajstić information content (AvgIpc) is 3.30. The quantitative estimate of drug-likeness (QED) is 0.845. The molecule has 4 heteroatoms. The largest absolute Gasteiger partial charge is 0.355 e. The van der Waals surface area contributed by atoms with E-state index in [1.165, 1.54) is 19.3 Å². The number of carbonyl (C=O) groups is 2. The van der Waals surface area contributed by atoms with E-state index in [-0.39, 0.29) is 23.7 Å². The summed E-state index contributed by atoms with van der Waals surface area (Å²) in [5, 5.41) is 3.17. The number of hydrogen-bond acceptors (Lipinski definition) is 2. The van der Waals surface area contributed by atoms with Crippen LogP contribution >= 0.6 is 0 Å². The van der Waals surface area contributed by atoms with Crippen LogP contribution in [0.5, 0.6) is 0 Å². The highest BCUT2D eigenvalue weighted by Crippen LogP contribution is 2.43. The molecule has 0 aromatic rings. The second kappa shape index (κ2) is 5.98. The average molecular weight is 292 g/mol. The van der Waals surface area contributed by atoms with E-state index in [1.54, 1.807) is 0 Å². The molecule has 3 aliphatic rings. The van der Waals surface area contributed by atoms with Gasteiger partial charge < -0.3 is 10.2 Å². The summed E-state index contributed by atoms with van der Waals surface area (Å²) in [6.07, 6.45) is 8.95. The fourth-order valence-corrected chi connectivity index (χ4v) is 3.73. The van der Waals surface area contributed by atoms with Gasteiger partial charge in [0.2, 0.25) is 11.8 Å². The van der Waals surface area contributed by atoms with Crippen LogP contribution in [0.2, 0.25) is 0 Å². The van der Waals surface area contributed by atoms with Crippen molar-refractivity contribution in [1.82, 2.24) is 10.2 Å². The van der Waals surface area contributed by atoms with E-state index in [0.29, 0.717) is 12.0 Å². The van der Waals surface area contributed by atoms with E-state index in [1.807, 2.05) is 4.90 Å². The molecule has 0 spiro atoms. The standard InChI is InChI=1S/C17H28N2O2/c1-2-17(8-4-9-17)12-18-15(20)14-5-3-10-19(11-14)16(21)13-6-7-13/h13-14H,2-12H2,1H3,(H,18,20)/t14-/m0/s1. The Bertz CT molecular complexity index is 408. The molecule has 1 atom stereocenters. The third-order valence-electron chi connectivity index (χ3n) is 5.83. The van der Waals surface area contributed by atoms with Crippen molar-refractivity contribution in [2.45, 2.75) is 58.3 Å². The highest BCUT2D eigenvalue weighted by atomic mass is 16.2. The van der Waals surface area contributed by atoms with Gasteiger partial charge in [0.05, 0.1) is 5.92 Å². The predicted molar refractivity (Wildman–Crippen MR) is 81.6 cm³/mol. The zero-order valence-electron chi connectivity index (χ0n) is 13.2. The van der Waals surface area contributed by atoms with Gasteiger partial charge in [-0.3, -0.25) is 9.59 Å². The number of nitrogens with one attached hydrogen (secondary N) is 1. The topological polar surface area (TPSA) is 49.4 Å². The van der Waals surface area contributed by atoms with Crippen molar-refractivity contribution < 1.29 is 9.59 Å². The minimum atomic E-state index is 0.00966. The molecule has 1 heterocycles. The van der Waals surface area contributed by atoms with Crippen molar-refractivity contribution in [3.63, 3.8) is 0 Å². The third kappa shape index (κ3) is 3.24. The molecule has 1 N–H and O–H groups in total. The summed E-state index contributed by atoms with van der Waals surface area (Å²) in [6, 6.07) is 0. The van der Waals surface area contributed by atoms with Crippen molar-refractivity contribution in [1.29, 1.82) is 0 Å². The van der Waals surface area contributed by atoms with Crippen LogP contribution < -0.4 is 5.32 Å². The number of rotatable bonds is 5. The van der Waals surface area contributed by atoms with Gasteiger partial charge in [0.25, 0.3) is 0 Å². The minimum Gasteiger partial charge on any atom is -0.355 e. The van der Waals surface area contributed by atoms with Crippen LogP contribution in [0.3, 0.4) is 0 Å². The number of carbonyl (C=O) groups excluding carboxylic acids is 2. The summed E-state index contributed by atoms with van der Waals surface area (Å²) in [5.74, 6) is 0.736. The first kappa shape index (κ1) is 14.9. The zero-order chi connectivity index (χ0) is 14.9. The fourth-order valence-electron chi connectivity index (χ4n) is 3.73. The molecule has 118 valence electrons. The molecule has 0 aromatic heterocycles. The van der Waals surface area contributed by atoms with Crippen LogP contribution in [0.4, 0.5) is 0 Å². The Hall–Kier alpha value is -1.06. The van der Waals surface area contributed by atoms with Gasteiger partial charge in [-0.15, -0.1) is 0 Å². The lowest BCUT2D eigenvalue weighted by Gasteiger charge is -2.42. The maximum absolute atomic E-state index is 12.4. The van der Waals surface area contributed by atoms with E-state index < -0.39 is 0 Å². The van der Waals surface area contributed by atoms with Crippen LogP contribution in [0.25, 0.3) is 0 Å². The zero-order valence-corrected chi connectivity index (χ0v) is 13.2. The maximum Gasteiger partial charge on any atom is 0.225 e. The summed E-state index contributed by atoms with van der Waals surface area (Å²) in [5.41, 5.74) is 0.369. The highest BCUT2D eigenvalue weighted by molar-refractivity contribution is 5.83. The summed E-state index contributed by atoms with van der Waals surface area (Å²) in [4.78, 5) is 26.5. The molecule has 4 nitrogen and oxygen atoms in total. The van der Waals surface area contributed by atoms with Crippen molar-refractivity contribution >= 4 is 11.8 Å². The van der Waals surface area contributed by atoms with Gasteiger partial charge >= 0.3 is 0 Å². The maximum atomic E-state index is 12.4. The van der Waals surface area contributed by atoms with Crippen LogP contribution in [-0.4, -0.2) is 36.3 Å². The molecule has 21 heavy (non-hydrogen) atoms. The number of hydrogen-bond donors (Lipinski definition) is 1. The predicted octanol–water partition coefficient (Wildman–Crippen LogP) is 2.33. The lowest BCUT2D eigenvalue weighted by molar-refractivity contribution is -0.137. The number of nitrogens with zero attached hydrogens (tertiary/aromatic N) is 1. The lowest BCUT2D eigenvalue weighted by atomic mass is 9.67. The van der Waals surface area contributed by atoms with E-state index in [9.17, 15) is 9.59 Å². The Labute approximate surface area is 127 Å². The van der Waals surface area contributed by atoms with E-state index in [2.05, 4.69) is 12.2 Å². The Morgan fingerprint density at radius 2 is 1.90 bits per heavy atom. The first-order valence-electron chi connectivity index (χ1n) is 8.70. The van der Waals surface area contributed by atoms with Crippen molar-refractivity contribution in [2.24, 2.45) is 17.3 Å². The first-order valence-corrected chi connectivity index (χ1v) is 8.70. The van der Waals surface area contributed by atoms with Gasteiger partial charge in [-0.05, 0) is 50.4 Å². The monoisotopic (exact) mass is 292 g/mol. The van der Waals surface area contributed by atoms with Crippen LogP contribution in [-0.2, 0) is 9.59 Å². The van der Waals surface area contributed by atoms with E-state index >= 15 is 0 Å². The molecular weight excluding hydrogens is 264 g/mol. The van der Waals surface area contributed by atoms with Crippen LogP contribution in [0.1, 0.15) is 58.3 Å². The number of piperidine rings is 1. The van der Waals surface area contributed by atoms with Gasteiger partial charge in [0, 0.05) is 25.6 Å². The van der Waals surface area contributed by atoms with Gasteiger partial charge in [0.15, 0.2) is 0 Å². The van der Waals surface area contributed by atoms with Crippen molar-refractivity contribution in [3.8, 4) is 0 Å². The molecule has 1 aliphatic heterocycles. The summed E-state index contributed by atoms with van der Waals surface area (Å²) < 4.78 is 0. The highest BCUT2D eigenvalue weighted by Gasteiger charge is 2.38. The second-order valence-corrected chi connectivity index (χ2v) is 7.32. The molecule has 0 aromatic carbocycles. The Morgan fingerprint density at radius 3 is 2.48 bits per heavy atom. The van der Waals surface area contributed by atoms with Gasteiger partial charge in [-0.25, -0.2) is 0 Å². The third-order valence-corrected chi connectivity index (χ3v) is 5.83. The van der Waals surface area contributed by atoms with E-state index in [0.717, 1.165) is 45.2 Å². The van der Waals surface area contributed by atoms with Gasteiger partial charge in [-0.2, -0.15) is 0 Å². The summed E-state index contributed by atoms with van der Waals surface area (Å²) in [6.45, 7) is 4.54.